The van der Waals surface area contributed by atoms with Crippen molar-refractivity contribution < 1.29 is 38.5 Å². The minimum absolute atomic E-state index is 0.0356. The maximum Gasteiger partial charge on any atom is 0.346 e. The van der Waals surface area contributed by atoms with Crippen LogP contribution in [0.3, 0.4) is 0 Å². The van der Waals surface area contributed by atoms with Crippen molar-refractivity contribution in [2.75, 3.05) is 31.2 Å². The van der Waals surface area contributed by atoms with Crippen LogP contribution in [0.25, 0.3) is 0 Å². The molecule has 3 N–H and O–H groups in total. The van der Waals surface area contributed by atoms with Gasteiger partial charge in [0, 0.05) is 49.4 Å². The highest BCUT2D eigenvalue weighted by Gasteiger charge is 2.50. The predicted octanol–water partition coefficient (Wildman–Crippen LogP) is 4.39. The summed E-state index contributed by atoms with van der Waals surface area (Å²) < 4.78 is 17.8. The van der Waals surface area contributed by atoms with Gasteiger partial charge in [-0.05, 0) is 59.9 Å². The normalized spacial score (nSPS) is 22.4. The summed E-state index contributed by atoms with van der Waals surface area (Å²) in [6.07, 6.45) is 1.04. The van der Waals surface area contributed by atoms with Gasteiger partial charge in [0.15, 0.2) is 6.29 Å². The molecule has 0 saturated carbocycles. The summed E-state index contributed by atoms with van der Waals surface area (Å²) in [6, 6.07) is 29.9. The molecule has 4 heterocycles. The molecule has 4 aliphatic heterocycles. The molecule has 4 aromatic rings. The highest BCUT2D eigenvalue weighted by Crippen LogP contribution is 2.40. The van der Waals surface area contributed by atoms with E-state index in [9.17, 15) is 24.3 Å². The zero-order valence-corrected chi connectivity index (χ0v) is 29.0. The van der Waals surface area contributed by atoms with E-state index in [0.717, 1.165) is 41.0 Å². The molecule has 0 aliphatic carbocycles. The first-order valence-electron chi connectivity index (χ1n) is 17.9. The Kier molecular flexibility index (Phi) is 9.52. The SMILES string of the molecule is O=C(NCc1ccc(C2OC(CN3CCC4(CC3)C(=O)NCN4c3ccccc3)CC(c3ccc(CO)cc3)O2)cc1)c1ccc2c(c1)C(=O)OC2=O. The third kappa shape index (κ3) is 6.94. The Hall–Kier alpha value is -5.40. The van der Waals surface area contributed by atoms with Crippen LogP contribution in [0.15, 0.2) is 97.1 Å². The molecule has 12 heteroatoms. The van der Waals surface area contributed by atoms with Gasteiger partial charge in [-0.25, -0.2) is 9.59 Å². The van der Waals surface area contributed by atoms with Crippen LogP contribution in [0.2, 0.25) is 0 Å². The number of aliphatic hydroxyl groups is 1. The maximum atomic E-state index is 13.2. The van der Waals surface area contributed by atoms with Gasteiger partial charge in [-0.1, -0.05) is 66.7 Å². The van der Waals surface area contributed by atoms with Crippen molar-refractivity contribution in [1.82, 2.24) is 15.5 Å². The van der Waals surface area contributed by atoms with Crippen molar-refractivity contribution in [3.05, 3.63) is 136 Å². The minimum atomic E-state index is -0.758. The number of likely N-dealkylation sites (tertiary alicyclic amines) is 1. The van der Waals surface area contributed by atoms with Gasteiger partial charge >= 0.3 is 11.9 Å². The molecule has 53 heavy (non-hydrogen) atoms. The fraction of sp³-hybridized carbons (Fsp3) is 0.317. The maximum absolute atomic E-state index is 13.2. The third-order valence-corrected chi connectivity index (χ3v) is 10.8. The Morgan fingerprint density at radius 1 is 0.830 bits per heavy atom. The first-order valence-corrected chi connectivity index (χ1v) is 17.9. The van der Waals surface area contributed by atoms with Gasteiger partial charge in [0.1, 0.15) is 5.54 Å². The van der Waals surface area contributed by atoms with Crippen molar-refractivity contribution in [1.29, 1.82) is 0 Å². The molecule has 12 nitrogen and oxygen atoms in total. The van der Waals surface area contributed by atoms with Gasteiger partial charge in [-0.3, -0.25) is 9.59 Å². The number of piperidine rings is 1. The summed E-state index contributed by atoms with van der Waals surface area (Å²) in [4.78, 5) is 54.4. The first kappa shape index (κ1) is 34.7. The molecule has 0 radical (unpaired) electrons. The van der Waals surface area contributed by atoms with Gasteiger partial charge in [-0.2, -0.15) is 0 Å². The van der Waals surface area contributed by atoms with Crippen LogP contribution in [0.5, 0.6) is 0 Å². The Labute approximate surface area is 306 Å². The second kappa shape index (κ2) is 14.6. The van der Waals surface area contributed by atoms with Gasteiger partial charge in [0.25, 0.3) is 5.91 Å². The number of hydrogen-bond acceptors (Lipinski definition) is 10. The van der Waals surface area contributed by atoms with Crippen LogP contribution >= 0.6 is 0 Å². The number of anilines is 1. The number of nitrogens with zero attached hydrogens (tertiary/aromatic N) is 2. The second-order valence-electron chi connectivity index (χ2n) is 14.0. The lowest BCUT2D eigenvalue weighted by Gasteiger charge is -2.45. The molecule has 3 fully saturated rings. The van der Waals surface area contributed by atoms with Gasteiger partial charge < -0.3 is 39.8 Å². The zero-order chi connectivity index (χ0) is 36.5. The number of cyclic esters (lactones) is 2. The lowest BCUT2D eigenvalue weighted by molar-refractivity contribution is -0.253. The molecule has 3 saturated heterocycles. The molecule has 3 atom stereocenters. The van der Waals surface area contributed by atoms with Gasteiger partial charge in [-0.15, -0.1) is 0 Å². The number of fused-ring (bicyclic) bond motifs is 1. The van der Waals surface area contributed by atoms with E-state index in [1.165, 1.54) is 18.2 Å². The summed E-state index contributed by atoms with van der Waals surface area (Å²) in [6.45, 7) is 2.91. The molecular formula is C41H40N4O8. The highest BCUT2D eigenvalue weighted by atomic mass is 16.7. The molecule has 1 spiro atoms. The Morgan fingerprint density at radius 2 is 1.53 bits per heavy atom. The van der Waals surface area contributed by atoms with E-state index in [0.29, 0.717) is 32.5 Å². The molecule has 4 aromatic carbocycles. The van der Waals surface area contributed by atoms with Crippen LogP contribution in [0.1, 0.15) is 85.0 Å². The minimum Gasteiger partial charge on any atom is -0.392 e. The smallest absolute Gasteiger partial charge is 0.346 e. The van der Waals surface area contributed by atoms with Crippen LogP contribution in [-0.2, 0) is 32.2 Å². The average Bonchev–Trinajstić information content (AvgIpc) is 3.67. The molecule has 0 aromatic heterocycles. The summed E-state index contributed by atoms with van der Waals surface area (Å²) in [7, 11) is 0. The number of para-hydroxylation sites is 1. The Morgan fingerprint density at radius 3 is 2.26 bits per heavy atom. The van der Waals surface area contributed by atoms with E-state index in [2.05, 4.69) is 37.3 Å². The van der Waals surface area contributed by atoms with E-state index in [1.807, 2.05) is 66.7 Å². The zero-order valence-electron chi connectivity index (χ0n) is 29.0. The lowest BCUT2D eigenvalue weighted by Crippen LogP contribution is -2.57. The molecule has 0 bridgehead atoms. The lowest BCUT2D eigenvalue weighted by atomic mass is 9.85. The number of amides is 2. The number of carbonyl (C=O) groups excluding carboxylic acids is 4. The van der Waals surface area contributed by atoms with Crippen molar-refractivity contribution in [2.45, 2.75) is 56.5 Å². The van der Waals surface area contributed by atoms with E-state index >= 15 is 0 Å². The number of hydrogen-bond donors (Lipinski definition) is 3. The summed E-state index contributed by atoms with van der Waals surface area (Å²) in [5, 5.41) is 15.5. The summed E-state index contributed by atoms with van der Waals surface area (Å²) in [5.74, 6) is -1.77. The highest BCUT2D eigenvalue weighted by molar-refractivity contribution is 6.15. The van der Waals surface area contributed by atoms with Crippen LogP contribution in [0, 0.1) is 0 Å². The van der Waals surface area contributed by atoms with E-state index in [-0.39, 0.29) is 53.9 Å². The number of rotatable bonds is 9. The fourth-order valence-corrected chi connectivity index (χ4v) is 7.76. The van der Waals surface area contributed by atoms with E-state index in [1.54, 1.807) is 0 Å². The Balaban J connectivity index is 0.934. The van der Waals surface area contributed by atoms with Crippen LogP contribution in [0.4, 0.5) is 5.69 Å². The second-order valence-corrected chi connectivity index (χ2v) is 14.0. The fourth-order valence-electron chi connectivity index (χ4n) is 7.76. The predicted molar refractivity (Wildman–Crippen MR) is 193 cm³/mol. The molecular weight excluding hydrogens is 676 g/mol. The molecule has 272 valence electrons. The van der Waals surface area contributed by atoms with Crippen molar-refractivity contribution in [3.8, 4) is 0 Å². The van der Waals surface area contributed by atoms with Crippen LogP contribution in [-0.4, -0.2) is 71.7 Å². The standard InChI is InChI=1S/C41H40N4O8/c46-24-27-8-10-28(11-9-27)35-21-32(23-44-18-16-41(17-19-44)40(50)43-25-45(41)31-4-2-1-3-5-31)51-39(52-35)29-12-6-26(7-13-29)22-42-36(47)30-14-15-33-34(20-30)38(49)53-37(33)48/h1-15,20,32,35,39,46H,16-19,21-25H2,(H,42,47)(H,43,50). The number of aliphatic hydroxyl groups excluding tert-OH is 1. The topological polar surface area (TPSA) is 147 Å². The molecule has 3 unspecified atom stereocenters. The molecule has 8 rings (SSSR count). The van der Waals surface area contributed by atoms with E-state index in [4.69, 9.17) is 9.47 Å². The molecule has 2 amide bonds. The number of ether oxygens (including phenoxy) is 3. The van der Waals surface area contributed by atoms with E-state index < -0.39 is 23.8 Å². The number of esters is 2. The first-order chi connectivity index (χ1) is 25.8. The molecule has 4 aliphatic rings. The number of carbonyl (C=O) groups is 4. The van der Waals surface area contributed by atoms with Crippen molar-refractivity contribution in [2.24, 2.45) is 0 Å². The van der Waals surface area contributed by atoms with Gasteiger partial charge in [0.2, 0.25) is 5.91 Å². The average molecular weight is 717 g/mol. The van der Waals surface area contributed by atoms with Gasteiger partial charge in [0.05, 0.1) is 36.6 Å². The monoisotopic (exact) mass is 716 g/mol. The van der Waals surface area contributed by atoms with Crippen molar-refractivity contribution in [3.63, 3.8) is 0 Å². The number of benzene rings is 4. The number of nitrogens with one attached hydrogen (secondary N) is 2. The largest absolute Gasteiger partial charge is 0.392 e. The summed E-state index contributed by atoms with van der Waals surface area (Å²) in [5.41, 5.74) is 4.49. The Bertz CT molecular complexity index is 2010. The van der Waals surface area contributed by atoms with Crippen LogP contribution < -0.4 is 15.5 Å². The van der Waals surface area contributed by atoms with Crippen molar-refractivity contribution >= 4 is 29.4 Å². The summed E-state index contributed by atoms with van der Waals surface area (Å²) >= 11 is 0. The third-order valence-electron chi connectivity index (χ3n) is 10.8. The quantitative estimate of drug-likeness (QED) is 0.168.